The third-order valence-electron chi connectivity index (χ3n) is 5.15. The van der Waals surface area contributed by atoms with Crippen LogP contribution in [0, 0.1) is 0 Å². The number of rotatable bonds is 8. The first kappa shape index (κ1) is 22.8. The highest BCUT2D eigenvalue weighted by Crippen LogP contribution is 2.40. The summed E-state index contributed by atoms with van der Waals surface area (Å²) in [6, 6.07) is 13.2. The van der Waals surface area contributed by atoms with Crippen molar-refractivity contribution in [1.29, 1.82) is 0 Å². The fourth-order valence-electron chi connectivity index (χ4n) is 3.72. The van der Waals surface area contributed by atoms with Gasteiger partial charge in [0.25, 0.3) is 11.7 Å². The van der Waals surface area contributed by atoms with Crippen LogP contribution in [0.2, 0.25) is 5.02 Å². The molecule has 2 aromatic carbocycles. The molecular formula is C24H27ClN2O4. The number of benzene rings is 2. The van der Waals surface area contributed by atoms with Crippen LogP contribution in [0.5, 0.6) is 5.75 Å². The summed E-state index contributed by atoms with van der Waals surface area (Å²) in [4.78, 5) is 29.5. The van der Waals surface area contributed by atoms with Gasteiger partial charge < -0.3 is 19.6 Å². The number of ketones is 1. The molecule has 164 valence electrons. The zero-order valence-corrected chi connectivity index (χ0v) is 18.7. The first-order valence-electron chi connectivity index (χ1n) is 10.2. The van der Waals surface area contributed by atoms with Gasteiger partial charge in [0.15, 0.2) is 0 Å². The van der Waals surface area contributed by atoms with E-state index >= 15 is 0 Å². The van der Waals surface area contributed by atoms with Gasteiger partial charge >= 0.3 is 0 Å². The van der Waals surface area contributed by atoms with Crippen molar-refractivity contribution < 1.29 is 19.4 Å². The fourth-order valence-corrected chi connectivity index (χ4v) is 3.91. The second-order valence-electron chi connectivity index (χ2n) is 7.66. The number of hydrogen-bond acceptors (Lipinski definition) is 5. The number of nitrogens with zero attached hydrogens (tertiary/aromatic N) is 2. The van der Waals surface area contributed by atoms with E-state index in [1.165, 1.54) is 4.90 Å². The lowest BCUT2D eigenvalue weighted by molar-refractivity contribution is -0.139. The molecule has 0 spiro atoms. The SMILES string of the molecule is CCOc1ccc(C2/C(=C(/O)c3cccc(Cl)c3)C(=O)C(=O)N2CCCN(C)C)cc1. The molecule has 0 aromatic heterocycles. The lowest BCUT2D eigenvalue weighted by Crippen LogP contribution is -2.32. The van der Waals surface area contributed by atoms with Crippen LogP contribution in [-0.4, -0.2) is 60.4 Å². The molecule has 1 aliphatic rings. The Morgan fingerprint density at radius 2 is 1.87 bits per heavy atom. The summed E-state index contributed by atoms with van der Waals surface area (Å²) >= 11 is 6.07. The molecule has 1 fully saturated rings. The molecule has 0 aliphatic carbocycles. The number of amides is 1. The summed E-state index contributed by atoms with van der Waals surface area (Å²) < 4.78 is 5.51. The standard InChI is InChI=1S/C24H27ClN2O4/c1-4-31-19-11-9-16(10-12-19)21-20(22(28)17-7-5-8-18(25)15-17)23(29)24(30)27(21)14-6-13-26(2)3/h5,7-12,15,21,28H,4,6,13-14H2,1-3H3/b22-20-. The Hall–Kier alpha value is -2.83. The molecule has 1 aliphatic heterocycles. The Balaban J connectivity index is 2.07. The third-order valence-corrected chi connectivity index (χ3v) is 5.38. The highest BCUT2D eigenvalue weighted by Gasteiger charge is 2.45. The average Bonchev–Trinajstić information content (AvgIpc) is 2.99. The molecule has 0 radical (unpaired) electrons. The zero-order valence-electron chi connectivity index (χ0n) is 18.0. The molecule has 1 N–H and O–H groups in total. The lowest BCUT2D eigenvalue weighted by atomic mass is 9.95. The second kappa shape index (κ2) is 9.98. The maximum Gasteiger partial charge on any atom is 0.295 e. The third kappa shape index (κ3) is 5.09. The van der Waals surface area contributed by atoms with E-state index < -0.39 is 17.7 Å². The first-order valence-corrected chi connectivity index (χ1v) is 10.6. The smallest absolute Gasteiger partial charge is 0.295 e. The van der Waals surface area contributed by atoms with Gasteiger partial charge in [0.2, 0.25) is 0 Å². The van der Waals surface area contributed by atoms with Gasteiger partial charge in [-0.05, 0) is 63.8 Å². The van der Waals surface area contributed by atoms with Crippen LogP contribution in [0.15, 0.2) is 54.1 Å². The summed E-state index contributed by atoms with van der Waals surface area (Å²) in [6.07, 6.45) is 0.699. The Bertz CT molecular complexity index is 985. The quantitative estimate of drug-likeness (QED) is 0.378. The number of hydrogen-bond donors (Lipinski definition) is 1. The summed E-state index contributed by atoms with van der Waals surface area (Å²) in [5, 5.41) is 11.5. The van der Waals surface area contributed by atoms with Crippen molar-refractivity contribution in [3.63, 3.8) is 0 Å². The predicted molar refractivity (Wildman–Crippen MR) is 121 cm³/mol. The molecule has 6 nitrogen and oxygen atoms in total. The molecule has 31 heavy (non-hydrogen) atoms. The van der Waals surface area contributed by atoms with Gasteiger partial charge in [-0.2, -0.15) is 0 Å². The minimum atomic E-state index is -0.693. The molecule has 7 heteroatoms. The van der Waals surface area contributed by atoms with Gasteiger partial charge in [0.1, 0.15) is 11.5 Å². The molecule has 1 saturated heterocycles. The van der Waals surface area contributed by atoms with E-state index in [1.807, 2.05) is 38.1 Å². The molecule has 0 bridgehead atoms. The van der Waals surface area contributed by atoms with E-state index in [4.69, 9.17) is 16.3 Å². The number of ether oxygens (including phenoxy) is 1. The largest absolute Gasteiger partial charge is 0.507 e. The highest BCUT2D eigenvalue weighted by atomic mass is 35.5. The van der Waals surface area contributed by atoms with Gasteiger partial charge in [0.05, 0.1) is 18.2 Å². The van der Waals surface area contributed by atoms with Crippen LogP contribution in [0.1, 0.15) is 30.5 Å². The molecule has 1 amide bonds. The topological polar surface area (TPSA) is 70.1 Å². The average molecular weight is 443 g/mol. The molecular weight excluding hydrogens is 416 g/mol. The number of aliphatic hydroxyl groups is 1. The van der Waals surface area contributed by atoms with E-state index in [-0.39, 0.29) is 11.3 Å². The predicted octanol–water partition coefficient (Wildman–Crippen LogP) is 4.11. The van der Waals surface area contributed by atoms with Gasteiger partial charge in [-0.25, -0.2) is 0 Å². The van der Waals surface area contributed by atoms with E-state index in [9.17, 15) is 14.7 Å². The summed E-state index contributed by atoms with van der Waals surface area (Å²) in [6.45, 7) is 3.61. The molecule has 1 atom stereocenters. The van der Waals surface area contributed by atoms with E-state index in [2.05, 4.69) is 0 Å². The molecule has 3 rings (SSSR count). The maximum absolute atomic E-state index is 13.0. The van der Waals surface area contributed by atoms with E-state index in [1.54, 1.807) is 36.4 Å². The number of Topliss-reactive ketones (excluding diaryl/α,β-unsaturated/α-hetero) is 1. The minimum absolute atomic E-state index is 0.0706. The Morgan fingerprint density at radius 3 is 2.48 bits per heavy atom. The number of carbonyl (C=O) groups excluding carboxylic acids is 2. The monoisotopic (exact) mass is 442 g/mol. The van der Waals surface area contributed by atoms with Crippen molar-refractivity contribution in [1.82, 2.24) is 9.80 Å². The van der Waals surface area contributed by atoms with Crippen LogP contribution < -0.4 is 4.74 Å². The summed E-state index contributed by atoms with van der Waals surface area (Å²) in [7, 11) is 3.91. The van der Waals surface area contributed by atoms with Crippen LogP contribution >= 0.6 is 11.6 Å². The van der Waals surface area contributed by atoms with Gasteiger partial charge in [-0.3, -0.25) is 9.59 Å². The minimum Gasteiger partial charge on any atom is -0.507 e. The van der Waals surface area contributed by atoms with Crippen molar-refractivity contribution in [3.05, 3.63) is 70.3 Å². The number of carbonyl (C=O) groups is 2. The fraction of sp³-hybridized carbons (Fsp3) is 0.333. The van der Waals surface area contributed by atoms with Crippen molar-refractivity contribution in [2.75, 3.05) is 33.8 Å². The molecule has 1 unspecified atom stereocenters. The van der Waals surface area contributed by atoms with Gasteiger partial charge in [-0.1, -0.05) is 35.9 Å². The number of halogens is 1. The van der Waals surface area contributed by atoms with Crippen molar-refractivity contribution >= 4 is 29.1 Å². The highest BCUT2D eigenvalue weighted by molar-refractivity contribution is 6.46. The normalized spacial score (nSPS) is 18.1. The van der Waals surface area contributed by atoms with Gasteiger partial charge in [0, 0.05) is 17.1 Å². The van der Waals surface area contributed by atoms with Crippen LogP contribution in [0.4, 0.5) is 0 Å². The second-order valence-corrected chi connectivity index (χ2v) is 8.10. The van der Waals surface area contributed by atoms with Crippen molar-refractivity contribution in [2.24, 2.45) is 0 Å². The molecule has 2 aromatic rings. The summed E-state index contributed by atoms with van der Waals surface area (Å²) in [5.41, 5.74) is 1.20. The lowest BCUT2D eigenvalue weighted by Gasteiger charge is -2.26. The van der Waals surface area contributed by atoms with Crippen LogP contribution in [0.3, 0.4) is 0 Å². The van der Waals surface area contributed by atoms with Gasteiger partial charge in [-0.15, -0.1) is 0 Å². The zero-order chi connectivity index (χ0) is 22.5. The van der Waals surface area contributed by atoms with E-state index in [0.29, 0.717) is 35.9 Å². The van der Waals surface area contributed by atoms with Crippen molar-refractivity contribution in [2.45, 2.75) is 19.4 Å². The Kier molecular flexibility index (Phi) is 7.36. The number of aliphatic hydroxyl groups excluding tert-OH is 1. The Morgan fingerprint density at radius 1 is 1.16 bits per heavy atom. The maximum atomic E-state index is 13.0. The Labute approximate surface area is 187 Å². The van der Waals surface area contributed by atoms with Crippen LogP contribution in [-0.2, 0) is 9.59 Å². The van der Waals surface area contributed by atoms with Crippen LogP contribution in [0.25, 0.3) is 5.76 Å². The summed E-state index contributed by atoms with van der Waals surface area (Å²) in [5.74, 6) is -0.831. The molecule has 1 heterocycles. The van der Waals surface area contributed by atoms with E-state index in [0.717, 1.165) is 12.1 Å². The molecule has 0 saturated carbocycles. The first-order chi connectivity index (χ1) is 14.8. The van der Waals surface area contributed by atoms with Crippen molar-refractivity contribution in [3.8, 4) is 5.75 Å². The number of likely N-dealkylation sites (tertiary alicyclic amines) is 1.